The second kappa shape index (κ2) is 9.24. The van der Waals surface area contributed by atoms with E-state index < -0.39 is 6.04 Å². The molecule has 8 heteroatoms. The molecular weight excluding hydrogens is 414 g/mol. The fourth-order valence-corrected chi connectivity index (χ4v) is 4.34. The van der Waals surface area contributed by atoms with Gasteiger partial charge in [0.15, 0.2) is 0 Å². The number of piperidine rings is 1. The molecule has 4 N–H and O–H groups in total. The topological polar surface area (TPSA) is 100 Å². The van der Waals surface area contributed by atoms with Crippen molar-refractivity contribution >= 4 is 29.2 Å². The van der Waals surface area contributed by atoms with E-state index in [1.807, 2.05) is 24.3 Å². The molecular formula is C23H28ClN5O2. The lowest BCUT2D eigenvalue weighted by Crippen LogP contribution is -2.51. The maximum atomic E-state index is 12.7. The van der Waals surface area contributed by atoms with Gasteiger partial charge in [0.25, 0.3) is 0 Å². The van der Waals surface area contributed by atoms with Gasteiger partial charge < -0.3 is 21.3 Å². The Labute approximate surface area is 187 Å². The van der Waals surface area contributed by atoms with E-state index in [4.69, 9.17) is 17.3 Å². The zero-order chi connectivity index (χ0) is 21.8. The third-order valence-electron chi connectivity index (χ3n) is 6.48. The van der Waals surface area contributed by atoms with Crippen LogP contribution in [0.5, 0.6) is 0 Å². The van der Waals surface area contributed by atoms with Crippen molar-refractivity contribution in [2.45, 2.75) is 37.1 Å². The van der Waals surface area contributed by atoms with Crippen molar-refractivity contribution in [3.8, 4) is 0 Å². The fraction of sp³-hybridized carbons (Fsp3) is 0.435. The van der Waals surface area contributed by atoms with Gasteiger partial charge in [-0.15, -0.1) is 0 Å². The number of hydrogen-bond acceptors (Lipinski definition) is 4. The maximum absolute atomic E-state index is 12.7. The second-order valence-corrected chi connectivity index (χ2v) is 8.96. The Morgan fingerprint density at radius 1 is 1.13 bits per heavy atom. The van der Waals surface area contributed by atoms with Gasteiger partial charge in [-0.05, 0) is 61.4 Å². The first kappa shape index (κ1) is 21.6. The van der Waals surface area contributed by atoms with E-state index in [2.05, 4.69) is 15.6 Å². The first-order chi connectivity index (χ1) is 15.0. The Hall–Kier alpha value is -2.64. The number of nitrogens with zero attached hydrogens (tertiary/aromatic N) is 2. The quantitative estimate of drug-likeness (QED) is 0.641. The number of nitrogens with two attached hydrogens (primary N) is 1. The Bertz CT molecular complexity index is 909. The van der Waals surface area contributed by atoms with E-state index >= 15 is 0 Å². The summed E-state index contributed by atoms with van der Waals surface area (Å²) in [6.45, 7) is 1.75. The molecule has 2 aromatic rings. The van der Waals surface area contributed by atoms with Crippen LogP contribution in [0.25, 0.3) is 0 Å². The number of amides is 3. The molecule has 0 bridgehead atoms. The normalized spacial score (nSPS) is 18.8. The second-order valence-electron chi connectivity index (χ2n) is 8.52. The molecule has 0 unspecified atom stereocenters. The van der Waals surface area contributed by atoms with Gasteiger partial charge in [0, 0.05) is 48.2 Å². The van der Waals surface area contributed by atoms with Crippen molar-refractivity contribution in [2.75, 3.05) is 25.0 Å². The number of anilines is 1. The zero-order valence-corrected chi connectivity index (χ0v) is 18.1. The summed E-state index contributed by atoms with van der Waals surface area (Å²) in [6, 6.07) is 10.7. The van der Waals surface area contributed by atoms with E-state index in [-0.39, 0.29) is 23.3 Å². The number of benzene rings is 1. The molecule has 1 aromatic heterocycles. The Balaban J connectivity index is 1.24. The van der Waals surface area contributed by atoms with Crippen LogP contribution in [-0.2, 0) is 10.2 Å². The number of carbonyl (C=O) groups excluding carboxylic acids is 2. The molecule has 3 amide bonds. The van der Waals surface area contributed by atoms with Gasteiger partial charge in [0.1, 0.15) is 0 Å². The van der Waals surface area contributed by atoms with Crippen molar-refractivity contribution in [3.05, 3.63) is 59.4 Å². The number of nitrogens with one attached hydrogen (secondary N) is 2. The molecule has 0 radical (unpaired) electrons. The van der Waals surface area contributed by atoms with Crippen LogP contribution >= 0.6 is 11.6 Å². The third kappa shape index (κ3) is 5.17. The summed E-state index contributed by atoms with van der Waals surface area (Å²) in [5.41, 5.74) is 8.22. The van der Waals surface area contributed by atoms with Crippen LogP contribution in [0, 0.1) is 5.92 Å². The van der Waals surface area contributed by atoms with Crippen molar-refractivity contribution in [1.29, 1.82) is 0 Å². The van der Waals surface area contributed by atoms with Gasteiger partial charge in [-0.2, -0.15) is 0 Å². The number of carbonyl (C=O) groups is 2. The van der Waals surface area contributed by atoms with Crippen LogP contribution in [0.15, 0.2) is 48.8 Å². The average molecular weight is 442 g/mol. The van der Waals surface area contributed by atoms with Gasteiger partial charge in [-0.1, -0.05) is 23.7 Å². The first-order valence-electron chi connectivity index (χ1n) is 10.7. The molecule has 1 atom stereocenters. The van der Waals surface area contributed by atoms with Crippen LogP contribution in [-0.4, -0.2) is 47.5 Å². The van der Waals surface area contributed by atoms with Crippen LogP contribution < -0.4 is 16.4 Å². The van der Waals surface area contributed by atoms with Gasteiger partial charge >= 0.3 is 6.03 Å². The highest BCUT2D eigenvalue weighted by molar-refractivity contribution is 6.30. The lowest BCUT2D eigenvalue weighted by molar-refractivity contribution is -0.124. The molecule has 0 spiro atoms. The minimum absolute atomic E-state index is 0.00831. The summed E-state index contributed by atoms with van der Waals surface area (Å²) < 4.78 is 0. The molecule has 7 nitrogen and oxygen atoms in total. The average Bonchev–Trinajstić information content (AvgIpc) is 3.59. The first-order valence-corrected chi connectivity index (χ1v) is 11.1. The number of pyridine rings is 1. The predicted octanol–water partition coefficient (Wildman–Crippen LogP) is 3.15. The molecule has 164 valence electrons. The summed E-state index contributed by atoms with van der Waals surface area (Å²) in [6.07, 6.45) is 6.79. The Kier molecular flexibility index (Phi) is 6.43. The zero-order valence-electron chi connectivity index (χ0n) is 17.4. The van der Waals surface area contributed by atoms with Gasteiger partial charge in [-0.25, -0.2) is 4.79 Å². The molecule has 2 heterocycles. The third-order valence-corrected chi connectivity index (χ3v) is 6.73. The van der Waals surface area contributed by atoms with Crippen LogP contribution in [0.2, 0.25) is 5.02 Å². The van der Waals surface area contributed by atoms with Gasteiger partial charge in [0.05, 0.1) is 6.04 Å². The van der Waals surface area contributed by atoms with Gasteiger partial charge in [0.2, 0.25) is 5.91 Å². The molecule has 31 heavy (non-hydrogen) atoms. The number of aromatic nitrogens is 1. The minimum Gasteiger partial charge on any atom is -0.354 e. The Morgan fingerprint density at radius 3 is 2.39 bits per heavy atom. The predicted molar refractivity (Wildman–Crippen MR) is 121 cm³/mol. The number of halogens is 1. The molecule has 1 aliphatic carbocycles. The summed E-state index contributed by atoms with van der Waals surface area (Å²) in [5, 5.41) is 6.65. The fourth-order valence-electron chi connectivity index (χ4n) is 4.21. The highest BCUT2D eigenvalue weighted by atomic mass is 35.5. The van der Waals surface area contributed by atoms with E-state index in [1.54, 1.807) is 29.4 Å². The summed E-state index contributed by atoms with van der Waals surface area (Å²) in [5.74, 6) is -0.0458. The van der Waals surface area contributed by atoms with E-state index in [9.17, 15) is 9.59 Å². The highest BCUT2D eigenvalue weighted by Crippen LogP contribution is 2.47. The highest BCUT2D eigenvalue weighted by Gasteiger charge is 2.44. The monoisotopic (exact) mass is 441 g/mol. The van der Waals surface area contributed by atoms with Crippen LogP contribution in [0.3, 0.4) is 0 Å². The van der Waals surface area contributed by atoms with Crippen LogP contribution in [0.4, 0.5) is 10.5 Å². The Morgan fingerprint density at radius 2 is 1.77 bits per heavy atom. The lowest BCUT2D eigenvalue weighted by atomic mass is 9.89. The lowest BCUT2D eigenvalue weighted by Gasteiger charge is -2.34. The number of hydrogen-bond donors (Lipinski definition) is 3. The SMILES string of the molecule is N[C@H](C(=O)NCC1(c2ccc(Cl)cc2)CC1)C1CCN(C(=O)Nc2ccncc2)CC1. The maximum Gasteiger partial charge on any atom is 0.321 e. The van der Waals surface area contributed by atoms with Crippen molar-refractivity contribution in [3.63, 3.8) is 0 Å². The van der Waals surface area contributed by atoms with E-state index in [1.165, 1.54) is 5.56 Å². The van der Waals surface area contributed by atoms with Crippen molar-refractivity contribution < 1.29 is 9.59 Å². The standard InChI is InChI=1S/C23H28ClN5O2/c24-18-3-1-17(2-4-18)23(9-10-23)15-27-21(30)20(25)16-7-13-29(14-8-16)22(31)28-19-5-11-26-12-6-19/h1-6,11-12,16,20H,7-10,13-15,25H2,(H,27,30)(H,26,28,31)/t20-/m0/s1. The largest absolute Gasteiger partial charge is 0.354 e. The van der Waals surface area contributed by atoms with Crippen molar-refractivity contribution in [1.82, 2.24) is 15.2 Å². The molecule has 1 aliphatic heterocycles. The number of likely N-dealkylation sites (tertiary alicyclic amines) is 1. The van der Waals surface area contributed by atoms with Crippen molar-refractivity contribution in [2.24, 2.45) is 11.7 Å². The molecule has 1 saturated carbocycles. The smallest absolute Gasteiger partial charge is 0.321 e. The molecule has 4 rings (SSSR count). The van der Waals surface area contributed by atoms with E-state index in [0.29, 0.717) is 43.2 Å². The summed E-state index contributed by atoms with van der Waals surface area (Å²) >= 11 is 5.99. The molecule has 2 aliphatic rings. The summed E-state index contributed by atoms with van der Waals surface area (Å²) in [4.78, 5) is 30.8. The summed E-state index contributed by atoms with van der Waals surface area (Å²) in [7, 11) is 0. The van der Waals surface area contributed by atoms with Gasteiger partial charge in [-0.3, -0.25) is 9.78 Å². The molecule has 2 fully saturated rings. The minimum atomic E-state index is -0.563. The molecule has 1 aromatic carbocycles. The number of rotatable bonds is 6. The van der Waals surface area contributed by atoms with E-state index in [0.717, 1.165) is 12.8 Å². The molecule has 1 saturated heterocycles. The van der Waals surface area contributed by atoms with Crippen LogP contribution in [0.1, 0.15) is 31.2 Å². The number of urea groups is 1.